The van der Waals surface area contributed by atoms with E-state index in [9.17, 15) is 4.79 Å². The Morgan fingerprint density at radius 3 is 2.93 bits per heavy atom. The van der Waals surface area contributed by atoms with Gasteiger partial charge in [-0.1, -0.05) is 11.6 Å². The fourth-order valence-electron chi connectivity index (χ4n) is 0.823. The molecular formula is C9H12ClN3O2. The van der Waals surface area contributed by atoms with Crippen LogP contribution in [0.3, 0.4) is 0 Å². The molecule has 0 bridgehead atoms. The number of hydrogen-bond donors (Lipinski definition) is 1. The largest absolute Gasteiger partial charge is 0.369 e. The summed E-state index contributed by atoms with van der Waals surface area (Å²) >= 11 is 5.62. The van der Waals surface area contributed by atoms with Crippen LogP contribution in [-0.4, -0.2) is 28.6 Å². The van der Waals surface area contributed by atoms with E-state index in [1.54, 1.807) is 0 Å². The molecule has 82 valence electrons. The van der Waals surface area contributed by atoms with E-state index in [4.69, 9.17) is 16.3 Å². The molecule has 1 rings (SSSR count). The minimum Gasteiger partial charge on any atom is -0.369 e. The van der Waals surface area contributed by atoms with E-state index >= 15 is 0 Å². The van der Waals surface area contributed by atoms with Gasteiger partial charge in [0.1, 0.15) is 23.9 Å². The summed E-state index contributed by atoms with van der Waals surface area (Å²) in [6, 6.07) is 1.47. The van der Waals surface area contributed by atoms with Gasteiger partial charge in [-0.2, -0.15) is 0 Å². The van der Waals surface area contributed by atoms with Gasteiger partial charge in [0.15, 0.2) is 0 Å². The Morgan fingerprint density at radius 2 is 2.33 bits per heavy atom. The van der Waals surface area contributed by atoms with Crippen molar-refractivity contribution in [3.8, 4) is 0 Å². The number of aromatic nitrogens is 2. The second-order valence-corrected chi connectivity index (χ2v) is 3.52. The average molecular weight is 230 g/mol. The predicted molar refractivity (Wildman–Crippen MR) is 56.8 cm³/mol. The Morgan fingerprint density at radius 1 is 1.60 bits per heavy atom. The van der Waals surface area contributed by atoms with Crippen LogP contribution >= 0.6 is 11.6 Å². The van der Waals surface area contributed by atoms with Crippen LogP contribution in [0.4, 0.5) is 5.82 Å². The molecule has 1 aromatic rings. The molecule has 0 atom stereocenters. The van der Waals surface area contributed by atoms with Gasteiger partial charge in [0.05, 0.1) is 6.10 Å². The fourth-order valence-corrected chi connectivity index (χ4v) is 0.970. The first-order valence-electron chi connectivity index (χ1n) is 4.47. The number of carbonyl (C=O) groups excluding carboxylic acids is 1. The zero-order chi connectivity index (χ0) is 11.3. The maximum absolute atomic E-state index is 11.3. The van der Waals surface area contributed by atoms with Crippen LogP contribution in [0.5, 0.6) is 0 Å². The van der Waals surface area contributed by atoms with E-state index < -0.39 is 0 Å². The van der Waals surface area contributed by atoms with Crippen molar-refractivity contribution in [2.45, 2.75) is 20.0 Å². The van der Waals surface area contributed by atoms with Crippen LogP contribution in [0.1, 0.15) is 13.8 Å². The highest BCUT2D eigenvalue weighted by Gasteiger charge is 2.05. The van der Waals surface area contributed by atoms with E-state index in [0.29, 0.717) is 5.82 Å². The fraction of sp³-hybridized carbons (Fsp3) is 0.444. The van der Waals surface area contributed by atoms with Gasteiger partial charge < -0.3 is 10.1 Å². The SMILES string of the molecule is CC(C)OCC(=O)Nc1cc(Cl)ncn1. The molecule has 5 nitrogen and oxygen atoms in total. The maximum atomic E-state index is 11.3. The van der Waals surface area contributed by atoms with Crippen LogP contribution in [0.2, 0.25) is 5.15 Å². The van der Waals surface area contributed by atoms with Gasteiger partial charge in [-0.15, -0.1) is 0 Å². The van der Waals surface area contributed by atoms with Crippen LogP contribution in [0.25, 0.3) is 0 Å². The molecular weight excluding hydrogens is 218 g/mol. The summed E-state index contributed by atoms with van der Waals surface area (Å²) in [7, 11) is 0. The third-order valence-electron chi connectivity index (χ3n) is 1.45. The molecule has 0 saturated heterocycles. The molecule has 1 aromatic heterocycles. The summed E-state index contributed by atoms with van der Waals surface area (Å²) in [4.78, 5) is 18.8. The minimum absolute atomic E-state index is 0.000706. The van der Waals surface area contributed by atoms with Gasteiger partial charge in [0.25, 0.3) is 5.91 Å². The van der Waals surface area contributed by atoms with Crippen LogP contribution in [0.15, 0.2) is 12.4 Å². The van der Waals surface area contributed by atoms with Crippen LogP contribution < -0.4 is 5.32 Å². The molecule has 1 amide bonds. The molecule has 0 saturated carbocycles. The van der Waals surface area contributed by atoms with E-state index in [0.717, 1.165) is 0 Å². The van der Waals surface area contributed by atoms with Crippen molar-refractivity contribution < 1.29 is 9.53 Å². The highest BCUT2D eigenvalue weighted by molar-refractivity contribution is 6.29. The van der Waals surface area contributed by atoms with Crippen molar-refractivity contribution in [2.75, 3.05) is 11.9 Å². The monoisotopic (exact) mass is 229 g/mol. The third-order valence-corrected chi connectivity index (χ3v) is 1.66. The minimum atomic E-state index is -0.265. The van der Waals surface area contributed by atoms with Crippen molar-refractivity contribution >= 4 is 23.3 Å². The number of ether oxygens (including phenoxy) is 1. The normalized spacial score (nSPS) is 10.4. The van der Waals surface area contributed by atoms with Gasteiger partial charge in [0.2, 0.25) is 0 Å². The maximum Gasteiger partial charge on any atom is 0.251 e. The molecule has 1 N–H and O–H groups in total. The smallest absolute Gasteiger partial charge is 0.251 e. The number of nitrogens with zero attached hydrogens (tertiary/aromatic N) is 2. The Labute approximate surface area is 92.8 Å². The van der Waals surface area contributed by atoms with E-state index in [1.165, 1.54) is 12.4 Å². The number of amides is 1. The van der Waals surface area contributed by atoms with Gasteiger partial charge in [-0.05, 0) is 13.8 Å². The number of carbonyl (C=O) groups is 1. The topological polar surface area (TPSA) is 64.1 Å². The molecule has 0 aliphatic heterocycles. The lowest BCUT2D eigenvalue weighted by molar-refractivity contribution is -0.121. The number of anilines is 1. The molecule has 6 heteroatoms. The van der Waals surface area contributed by atoms with E-state index in [-0.39, 0.29) is 23.8 Å². The Hall–Kier alpha value is -1.20. The second kappa shape index (κ2) is 5.63. The molecule has 0 aromatic carbocycles. The summed E-state index contributed by atoms with van der Waals surface area (Å²) < 4.78 is 5.12. The summed E-state index contributed by atoms with van der Waals surface area (Å²) in [6.07, 6.45) is 1.30. The van der Waals surface area contributed by atoms with Crippen molar-refractivity contribution in [2.24, 2.45) is 0 Å². The number of rotatable bonds is 4. The summed E-state index contributed by atoms with van der Waals surface area (Å²) in [6.45, 7) is 3.71. The van der Waals surface area contributed by atoms with Gasteiger partial charge >= 0.3 is 0 Å². The van der Waals surface area contributed by atoms with E-state index in [2.05, 4.69) is 15.3 Å². The Kier molecular flexibility index (Phi) is 4.45. The molecule has 0 radical (unpaired) electrons. The highest BCUT2D eigenvalue weighted by Crippen LogP contribution is 2.08. The van der Waals surface area contributed by atoms with Gasteiger partial charge in [0, 0.05) is 6.07 Å². The third kappa shape index (κ3) is 4.71. The van der Waals surface area contributed by atoms with Crippen molar-refractivity contribution in [3.05, 3.63) is 17.5 Å². The van der Waals surface area contributed by atoms with Gasteiger partial charge in [-0.25, -0.2) is 9.97 Å². The lowest BCUT2D eigenvalue weighted by atomic mass is 10.5. The van der Waals surface area contributed by atoms with Crippen molar-refractivity contribution in [1.82, 2.24) is 9.97 Å². The molecule has 0 spiro atoms. The second-order valence-electron chi connectivity index (χ2n) is 3.13. The molecule has 0 aliphatic carbocycles. The summed E-state index contributed by atoms with van der Waals surface area (Å²) in [5, 5.41) is 2.82. The highest BCUT2D eigenvalue weighted by atomic mass is 35.5. The van der Waals surface area contributed by atoms with Crippen LogP contribution in [0, 0.1) is 0 Å². The molecule has 0 fully saturated rings. The number of nitrogens with one attached hydrogen (secondary N) is 1. The lowest BCUT2D eigenvalue weighted by Crippen LogP contribution is -2.21. The first-order chi connectivity index (χ1) is 7.08. The number of hydrogen-bond acceptors (Lipinski definition) is 4. The lowest BCUT2D eigenvalue weighted by Gasteiger charge is -2.07. The zero-order valence-electron chi connectivity index (χ0n) is 8.53. The van der Waals surface area contributed by atoms with Gasteiger partial charge in [-0.3, -0.25) is 4.79 Å². The quantitative estimate of drug-likeness (QED) is 0.795. The van der Waals surface area contributed by atoms with E-state index in [1.807, 2.05) is 13.8 Å². The van der Waals surface area contributed by atoms with Crippen LogP contribution in [-0.2, 0) is 9.53 Å². The first-order valence-corrected chi connectivity index (χ1v) is 4.84. The zero-order valence-corrected chi connectivity index (χ0v) is 9.28. The molecule has 0 aliphatic rings. The predicted octanol–water partition coefficient (Wildman–Crippen LogP) is 1.49. The van der Waals surface area contributed by atoms with Crippen molar-refractivity contribution in [1.29, 1.82) is 0 Å². The standard InChI is InChI=1S/C9H12ClN3O2/c1-6(2)15-4-9(14)13-8-3-7(10)11-5-12-8/h3,5-6H,4H2,1-2H3,(H,11,12,13,14). The molecule has 1 heterocycles. The Bertz CT molecular complexity index is 344. The Balaban J connectivity index is 2.44. The number of halogens is 1. The summed E-state index contributed by atoms with van der Waals surface area (Å²) in [5.41, 5.74) is 0. The first kappa shape index (κ1) is 11.9. The molecule has 15 heavy (non-hydrogen) atoms. The average Bonchev–Trinajstić information content (AvgIpc) is 2.15. The summed E-state index contributed by atoms with van der Waals surface area (Å²) in [5.74, 6) is 0.103. The van der Waals surface area contributed by atoms with Crippen molar-refractivity contribution in [3.63, 3.8) is 0 Å². The molecule has 0 unspecified atom stereocenters.